The number of nitrogens with two attached hydrogens (primary N) is 1. The Balaban J connectivity index is 3.02. The summed E-state index contributed by atoms with van der Waals surface area (Å²) in [7, 11) is -2.31. The van der Waals surface area contributed by atoms with Gasteiger partial charge in [-0.25, -0.2) is 13.6 Å². The summed E-state index contributed by atoms with van der Waals surface area (Å²) < 4.78 is 29.3. The molecule has 3 N–H and O–H groups in total. The van der Waals surface area contributed by atoms with Crippen molar-refractivity contribution in [1.82, 2.24) is 9.88 Å². The average molecular weight is 317 g/mol. The van der Waals surface area contributed by atoms with Crippen molar-refractivity contribution in [3.63, 3.8) is 0 Å². The number of amides is 1. The van der Waals surface area contributed by atoms with Crippen molar-refractivity contribution in [2.24, 2.45) is 5.14 Å². The maximum absolute atomic E-state index is 12.2. The molecule has 0 saturated heterocycles. The van der Waals surface area contributed by atoms with Gasteiger partial charge in [0.15, 0.2) is 0 Å². The average Bonchev–Trinajstić information content (AvgIpc) is 2.80. The molecule has 0 aromatic carbocycles. The third-order valence-electron chi connectivity index (χ3n) is 3.07. The van der Waals surface area contributed by atoms with Gasteiger partial charge in [-0.3, -0.25) is 4.79 Å². The predicted octanol–water partition coefficient (Wildman–Crippen LogP) is 0.700. The van der Waals surface area contributed by atoms with Crippen molar-refractivity contribution in [2.75, 3.05) is 13.7 Å². The van der Waals surface area contributed by atoms with Gasteiger partial charge in [-0.2, -0.15) is 0 Å². The molecule has 21 heavy (non-hydrogen) atoms. The maximum atomic E-state index is 12.2. The summed E-state index contributed by atoms with van der Waals surface area (Å²) in [5.41, 5.74) is 0.263. The first-order chi connectivity index (χ1) is 9.79. The first-order valence-corrected chi connectivity index (χ1v) is 8.37. The summed E-state index contributed by atoms with van der Waals surface area (Å²) in [5.74, 6) is -0.318. The molecule has 0 aliphatic carbocycles. The zero-order valence-electron chi connectivity index (χ0n) is 12.6. The largest absolute Gasteiger partial charge is 0.383 e. The number of aromatic nitrogens is 1. The smallest absolute Gasteiger partial charge is 0.268 e. The lowest BCUT2D eigenvalue weighted by molar-refractivity contribution is 0.0926. The van der Waals surface area contributed by atoms with Gasteiger partial charge >= 0.3 is 0 Å². The minimum absolute atomic E-state index is 0.0196. The molecule has 1 heterocycles. The fraction of sp³-hybridized carbons (Fsp3) is 0.615. The van der Waals surface area contributed by atoms with Crippen LogP contribution in [0.3, 0.4) is 0 Å². The summed E-state index contributed by atoms with van der Waals surface area (Å²) in [5, 5.41) is 7.96. The van der Waals surface area contributed by atoms with E-state index in [0.717, 1.165) is 12.8 Å². The van der Waals surface area contributed by atoms with Crippen LogP contribution < -0.4 is 10.5 Å². The van der Waals surface area contributed by atoms with Crippen molar-refractivity contribution in [2.45, 2.75) is 44.2 Å². The molecule has 1 aromatic rings. The topological polar surface area (TPSA) is 103 Å². The number of sulfonamides is 1. The van der Waals surface area contributed by atoms with Crippen molar-refractivity contribution in [3.05, 3.63) is 18.0 Å². The molecule has 1 atom stereocenters. The van der Waals surface area contributed by atoms with Gasteiger partial charge < -0.3 is 14.6 Å². The van der Waals surface area contributed by atoms with Crippen LogP contribution in [-0.4, -0.2) is 38.7 Å². The van der Waals surface area contributed by atoms with Gasteiger partial charge in [-0.15, -0.1) is 0 Å². The number of hydrogen-bond donors (Lipinski definition) is 2. The summed E-state index contributed by atoms with van der Waals surface area (Å²) in [6.07, 6.45) is 3.16. The molecule has 0 fully saturated rings. The highest BCUT2D eigenvalue weighted by atomic mass is 32.2. The molecule has 0 saturated carbocycles. The Morgan fingerprint density at radius 1 is 1.52 bits per heavy atom. The molecular weight excluding hydrogens is 294 g/mol. The number of ether oxygens (including phenoxy) is 1. The Kier molecular flexibility index (Phi) is 6.38. The predicted molar refractivity (Wildman–Crippen MR) is 79.5 cm³/mol. The maximum Gasteiger partial charge on any atom is 0.268 e. The van der Waals surface area contributed by atoms with Gasteiger partial charge in [0.05, 0.1) is 6.61 Å². The molecular formula is C13H23N3O4S. The molecule has 1 aromatic heterocycles. The Labute approximate surface area is 125 Å². The lowest BCUT2D eigenvalue weighted by Gasteiger charge is -2.14. The number of nitrogens with zero attached hydrogens (tertiary/aromatic N) is 1. The van der Waals surface area contributed by atoms with Crippen LogP contribution >= 0.6 is 0 Å². The molecule has 7 nitrogen and oxygen atoms in total. The van der Waals surface area contributed by atoms with Crippen molar-refractivity contribution in [3.8, 4) is 0 Å². The van der Waals surface area contributed by atoms with E-state index in [2.05, 4.69) is 5.32 Å². The number of hydrogen-bond acceptors (Lipinski definition) is 4. The molecule has 0 radical (unpaired) electrons. The Morgan fingerprint density at radius 2 is 2.19 bits per heavy atom. The number of carbonyl (C=O) groups excluding carboxylic acids is 1. The number of rotatable bonds is 8. The zero-order valence-corrected chi connectivity index (χ0v) is 13.4. The Morgan fingerprint density at radius 3 is 2.71 bits per heavy atom. The van der Waals surface area contributed by atoms with Gasteiger partial charge in [0.2, 0.25) is 10.0 Å². The Hall–Kier alpha value is -1.38. The van der Waals surface area contributed by atoms with E-state index in [9.17, 15) is 13.2 Å². The van der Waals surface area contributed by atoms with Crippen LogP contribution in [0.4, 0.5) is 0 Å². The fourth-order valence-corrected chi connectivity index (χ4v) is 2.56. The molecule has 0 aliphatic heterocycles. The van der Waals surface area contributed by atoms with E-state index in [0.29, 0.717) is 13.2 Å². The van der Waals surface area contributed by atoms with E-state index in [1.165, 1.54) is 23.9 Å². The molecule has 1 unspecified atom stereocenters. The van der Waals surface area contributed by atoms with Crippen LogP contribution in [0, 0.1) is 0 Å². The molecule has 0 aliphatic rings. The molecule has 0 spiro atoms. The van der Waals surface area contributed by atoms with E-state index in [-0.39, 0.29) is 22.5 Å². The van der Waals surface area contributed by atoms with E-state index in [1.54, 1.807) is 0 Å². The summed E-state index contributed by atoms with van der Waals surface area (Å²) in [4.78, 5) is 12.2. The molecule has 0 bridgehead atoms. The fourth-order valence-electron chi connectivity index (χ4n) is 2.01. The van der Waals surface area contributed by atoms with E-state index < -0.39 is 10.0 Å². The van der Waals surface area contributed by atoms with Crippen LogP contribution in [0.15, 0.2) is 17.2 Å². The summed E-state index contributed by atoms with van der Waals surface area (Å²) >= 11 is 0. The van der Waals surface area contributed by atoms with Crippen LogP contribution in [0.1, 0.15) is 37.2 Å². The number of methoxy groups -OCH3 is 1. The van der Waals surface area contributed by atoms with Crippen molar-refractivity contribution in [1.29, 1.82) is 0 Å². The van der Waals surface area contributed by atoms with Gasteiger partial charge in [0.1, 0.15) is 10.6 Å². The highest BCUT2D eigenvalue weighted by Crippen LogP contribution is 2.14. The van der Waals surface area contributed by atoms with Gasteiger partial charge in [-0.1, -0.05) is 13.3 Å². The second-order valence-electron chi connectivity index (χ2n) is 4.96. The minimum Gasteiger partial charge on any atom is -0.383 e. The van der Waals surface area contributed by atoms with Gasteiger partial charge in [-0.05, 0) is 19.4 Å². The first kappa shape index (κ1) is 17.7. The summed E-state index contributed by atoms with van der Waals surface area (Å²) in [6, 6.07) is 1.31. The standard InChI is InChI=1S/C13H23N3O4S/c1-4-5-10(2)15-13(17)12-8-11(21(14,18)19)9-16(12)6-7-20-3/h8-10H,4-7H2,1-3H3,(H,15,17)(H2,14,18,19). The van der Waals surface area contributed by atoms with Crippen molar-refractivity contribution >= 4 is 15.9 Å². The number of carbonyl (C=O) groups is 1. The quantitative estimate of drug-likeness (QED) is 0.736. The number of primary sulfonamides is 1. The highest BCUT2D eigenvalue weighted by Gasteiger charge is 2.19. The van der Waals surface area contributed by atoms with Crippen LogP contribution in [-0.2, 0) is 21.3 Å². The van der Waals surface area contributed by atoms with E-state index in [1.807, 2.05) is 13.8 Å². The first-order valence-electron chi connectivity index (χ1n) is 6.82. The zero-order chi connectivity index (χ0) is 16.0. The third-order valence-corrected chi connectivity index (χ3v) is 3.95. The Bertz CT molecular complexity index is 580. The molecule has 1 rings (SSSR count). The monoisotopic (exact) mass is 317 g/mol. The van der Waals surface area contributed by atoms with Gasteiger partial charge in [0, 0.05) is 25.9 Å². The van der Waals surface area contributed by atoms with Crippen LogP contribution in [0.2, 0.25) is 0 Å². The molecule has 1 amide bonds. The lowest BCUT2D eigenvalue weighted by Crippen LogP contribution is -2.33. The second-order valence-corrected chi connectivity index (χ2v) is 6.52. The SMILES string of the molecule is CCCC(C)NC(=O)c1cc(S(N)(=O)=O)cn1CCOC. The van der Waals surface area contributed by atoms with Crippen molar-refractivity contribution < 1.29 is 17.9 Å². The van der Waals surface area contributed by atoms with Gasteiger partial charge in [0.25, 0.3) is 5.91 Å². The van der Waals surface area contributed by atoms with E-state index >= 15 is 0 Å². The normalized spacial score (nSPS) is 13.1. The lowest BCUT2D eigenvalue weighted by atomic mass is 10.2. The third kappa shape index (κ3) is 5.14. The summed E-state index contributed by atoms with van der Waals surface area (Å²) in [6.45, 7) is 4.67. The molecule has 8 heteroatoms. The molecule has 120 valence electrons. The van der Waals surface area contributed by atoms with E-state index in [4.69, 9.17) is 9.88 Å². The minimum atomic E-state index is -3.84. The number of nitrogens with one attached hydrogen (secondary N) is 1. The highest BCUT2D eigenvalue weighted by molar-refractivity contribution is 7.89. The van der Waals surface area contributed by atoms with Crippen LogP contribution in [0.25, 0.3) is 0 Å². The second kappa shape index (κ2) is 7.58. The van der Waals surface area contributed by atoms with Crippen LogP contribution in [0.5, 0.6) is 0 Å².